The predicted octanol–water partition coefficient (Wildman–Crippen LogP) is 2.54. The Morgan fingerprint density at radius 3 is 2.47 bits per heavy atom. The van der Waals surface area contributed by atoms with E-state index in [-0.39, 0.29) is 12.1 Å². The van der Waals surface area contributed by atoms with Gasteiger partial charge in [-0.3, -0.25) is 0 Å². The summed E-state index contributed by atoms with van der Waals surface area (Å²) < 4.78 is 5.42. The van der Waals surface area contributed by atoms with Crippen LogP contribution in [0.5, 0.6) is 0 Å². The number of carbonyl (C=O) groups is 1. The van der Waals surface area contributed by atoms with Crippen LogP contribution in [0.15, 0.2) is 30.3 Å². The third-order valence-corrected chi connectivity index (χ3v) is 3.29. The lowest BCUT2D eigenvalue weighted by atomic mass is 9.85. The van der Waals surface area contributed by atoms with Crippen LogP contribution in [-0.4, -0.2) is 22.8 Å². The fourth-order valence-corrected chi connectivity index (χ4v) is 2.12. The molecule has 0 amide bonds. The van der Waals surface area contributed by atoms with E-state index >= 15 is 0 Å². The van der Waals surface area contributed by atoms with Crippen LogP contribution in [0.1, 0.15) is 43.0 Å². The molecule has 0 aliphatic heterocycles. The van der Waals surface area contributed by atoms with Gasteiger partial charge in [-0.2, -0.15) is 0 Å². The highest BCUT2D eigenvalue weighted by molar-refractivity contribution is 5.89. The molecule has 3 nitrogen and oxygen atoms in total. The van der Waals surface area contributed by atoms with Crippen LogP contribution < -0.4 is 0 Å². The SMILES string of the molecule is C[C@]1(O)CC[C@H](OC(=O)c2ccccc2)CC1. The molecule has 0 heterocycles. The lowest BCUT2D eigenvalue weighted by molar-refractivity contribution is -0.0321. The summed E-state index contributed by atoms with van der Waals surface area (Å²) in [6, 6.07) is 9.02. The zero-order valence-corrected chi connectivity index (χ0v) is 10.1. The van der Waals surface area contributed by atoms with Crippen molar-refractivity contribution in [2.45, 2.75) is 44.3 Å². The van der Waals surface area contributed by atoms with Crippen LogP contribution in [-0.2, 0) is 4.74 Å². The maximum Gasteiger partial charge on any atom is 0.338 e. The minimum Gasteiger partial charge on any atom is -0.459 e. The van der Waals surface area contributed by atoms with Gasteiger partial charge in [-0.05, 0) is 44.7 Å². The second-order valence-electron chi connectivity index (χ2n) is 4.97. The molecule has 0 saturated heterocycles. The van der Waals surface area contributed by atoms with Crippen molar-refractivity contribution in [3.05, 3.63) is 35.9 Å². The molecule has 1 N–H and O–H groups in total. The molecule has 0 bridgehead atoms. The average molecular weight is 234 g/mol. The molecule has 1 fully saturated rings. The highest BCUT2D eigenvalue weighted by atomic mass is 16.5. The quantitative estimate of drug-likeness (QED) is 0.800. The van der Waals surface area contributed by atoms with Crippen molar-refractivity contribution in [3.63, 3.8) is 0 Å². The van der Waals surface area contributed by atoms with Crippen molar-refractivity contribution in [2.24, 2.45) is 0 Å². The second kappa shape index (κ2) is 4.88. The van der Waals surface area contributed by atoms with E-state index in [1.54, 1.807) is 12.1 Å². The van der Waals surface area contributed by atoms with Crippen molar-refractivity contribution in [3.8, 4) is 0 Å². The van der Waals surface area contributed by atoms with E-state index in [0.717, 1.165) is 12.8 Å². The molecule has 3 heteroatoms. The molecule has 1 aromatic carbocycles. The zero-order valence-electron chi connectivity index (χ0n) is 10.1. The van der Waals surface area contributed by atoms with Crippen LogP contribution in [0.2, 0.25) is 0 Å². The number of hydrogen-bond donors (Lipinski definition) is 1. The maximum absolute atomic E-state index is 11.8. The van der Waals surface area contributed by atoms with Gasteiger partial charge in [0, 0.05) is 0 Å². The summed E-state index contributed by atoms with van der Waals surface area (Å²) in [5.74, 6) is -0.267. The molecule has 0 spiro atoms. The van der Waals surface area contributed by atoms with Gasteiger partial charge in [0.25, 0.3) is 0 Å². The highest BCUT2D eigenvalue weighted by Crippen LogP contribution is 2.29. The van der Waals surface area contributed by atoms with Crippen molar-refractivity contribution in [1.82, 2.24) is 0 Å². The largest absolute Gasteiger partial charge is 0.459 e. The number of rotatable bonds is 2. The van der Waals surface area contributed by atoms with E-state index in [0.29, 0.717) is 18.4 Å². The summed E-state index contributed by atoms with van der Waals surface area (Å²) in [6.07, 6.45) is 2.82. The number of hydrogen-bond acceptors (Lipinski definition) is 3. The van der Waals surface area contributed by atoms with Gasteiger partial charge in [0.1, 0.15) is 6.10 Å². The van der Waals surface area contributed by atoms with Gasteiger partial charge in [-0.25, -0.2) is 4.79 Å². The first kappa shape index (κ1) is 12.1. The molecule has 1 aliphatic carbocycles. The minimum absolute atomic E-state index is 0.0528. The first-order valence-corrected chi connectivity index (χ1v) is 6.05. The number of esters is 1. The highest BCUT2D eigenvalue weighted by Gasteiger charge is 2.30. The number of benzene rings is 1. The molecule has 0 atom stereocenters. The van der Waals surface area contributed by atoms with Crippen molar-refractivity contribution < 1.29 is 14.6 Å². The first-order valence-electron chi connectivity index (χ1n) is 6.05. The zero-order chi connectivity index (χ0) is 12.3. The second-order valence-corrected chi connectivity index (χ2v) is 4.97. The molecule has 0 radical (unpaired) electrons. The van der Waals surface area contributed by atoms with E-state index in [9.17, 15) is 9.90 Å². The van der Waals surface area contributed by atoms with Gasteiger partial charge in [-0.1, -0.05) is 18.2 Å². The summed E-state index contributed by atoms with van der Waals surface area (Å²) in [6.45, 7) is 1.84. The maximum atomic E-state index is 11.8. The standard InChI is InChI=1S/C14H18O3/c1-14(16)9-7-12(8-10-14)17-13(15)11-5-3-2-4-6-11/h2-6,12,16H,7-10H2,1H3/t12-,14-. The third kappa shape index (κ3) is 3.30. The van der Waals surface area contributed by atoms with Crippen LogP contribution in [0.25, 0.3) is 0 Å². The Kier molecular flexibility index (Phi) is 3.48. The summed E-state index contributed by atoms with van der Waals surface area (Å²) in [4.78, 5) is 11.8. The molecule has 92 valence electrons. The number of aliphatic hydroxyl groups is 1. The van der Waals surface area contributed by atoms with Crippen molar-refractivity contribution in [1.29, 1.82) is 0 Å². The van der Waals surface area contributed by atoms with E-state index < -0.39 is 5.60 Å². The molecule has 17 heavy (non-hydrogen) atoms. The predicted molar refractivity (Wildman–Crippen MR) is 64.7 cm³/mol. The van der Waals surface area contributed by atoms with Gasteiger partial charge in [0.05, 0.1) is 11.2 Å². The Morgan fingerprint density at radius 2 is 1.88 bits per heavy atom. The van der Waals surface area contributed by atoms with Gasteiger partial charge in [-0.15, -0.1) is 0 Å². The van der Waals surface area contributed by atoms with Gasteiger partial charge >= 0.3 is 5.97 Å². The summed E-state index contributed by atoms with van der Waals surface area (Å²) in [7, 11) is 0. The number of carbonyl (C=O) groups excluding carboxylic acids is 1. The molecule has 2 rings (SSSR count). The lowest BCUT2D eigenvalue weighted by Crippen LogP contribution is -2.34. The fraction of sp³-hybridized carbons (Fsp3) is 0.500. The van der Waals surface area contributed by atoms with Gasteiger partial charge in [0.15, 0.2) is 0 Å². The summed E-state index contributed by atoms with van der Waals surface area (Å²) >= 11 is 0. The van der Waals surface area contributed by atoms with E-state index in [4.69, 9.17) is 4.74 Å². The van der Waals surface area contributed by atoms with Crippen LogP contribution in [0.3, 0.4) is 0 Å². The van der Waals surface area contributed by atoms with E-state index in [1.165, 1.54) is 0 Å². The molecule has 1 aromatic rings. The Balaban J connectivity index is 1.89. The Labute approximate surface area is 101 Å². The fourth-order valence-electron chi connectivity index (χ4n) is 2.12. The van der Waals surface area contributed by atoms with Gasteiger partial charge in [0.2, 0.25) is 0 Å². The van der Waals surface area contributed by atoms with Crippen LogP contribution in [0.4, 0.5) is 0 Å². The van der Waals surface area contributed by atoms with Crippen LogP contribution >= 0.6 is 0 Å². The topological polar surface area (TPSA) is 46.5 Å². The molecule has 0 unspecified atom stereocenters. The number of ether oxygens (including phenoxy) is 1. The molecule has 1 aliphatic rings. The Bertz CT molecular complexity index is 374. The van der Waals surface area contributed by atoms with Gasteiger partial charge < -0.3 is 9.84 Å². The monoisotopic (exact) mass is 234 g/mol. The lowest BCUT2D eigenvalue weighted by Gasteiger charge is -2.32. The Hall–Kier alpha value is -1.35. The molecule has 1 saturated carbocycles. The minimum atomic E-state index is -0.588. The van der Waals surface area contributed by atoms with Crippen molar-refractivity contribution >= 4 is 5.97 Å². The summed E-state index contributed by atoms with van der Waals surface area (Å²) in [5, 5.41) is 9.80. The molecule has 0 aromatic heterocycles. The Morgan fingerprint density at radius 1 is 1.29 bits per heavy atom. The third-order valence-electron chi connectivity index (χ3n) is 3.29. The van der Waals surface area contributed by atoms with E-state index in [1.807, 2.05) is 25.1 Å². The van der Waals surface area contributed by atoms with Crippen molar-refractivity contribution in [2.75, 3.05) is 0 Å². The van der Waals surface area contributed by atoms with E-state index in [2.05, 4.69) is 0 Å². The first-order chi connectivity index (χ1) is 8.07. The normalized spacial score (nSPS) is 28.7. The summed E-state index contributed by atoms with van der Waals surface area (Å²) in [5.41, 5.74) is 0.000165. The molecular weight excluding hydrogens is 216 g/mol. The molecular formula is C14H18O3. The van der Waals surface area contributed by atoms with Crippen LogP contribution in [0, 0.1) is 0 Å². The average Bonchev–Trinajstić information content (AvgIpc) is 2.33. The smallest absolute Gasteiger partial charge is 0.338 e.